The monoisotopic (exact) mass is 308 g/mol. The van der Waals surface area contributed by atoms with E-state index in [0.717, 1.165) is 38.1 Å². The number of rotatable bonds is 5. The molecule has 0 bridgehead atoms. The minimum absolute atomic E-state index is 0.697. The first kappa shape index (κ1) is 13.9. The summed E-state index contributed by atoms with van der Waals surface area (Å²) in [6.07, 6.45) is 3.02. The lowest BCUT2D eigenvalue weighted by Gasteiger charge is -2.09. The van der Waals surface area contributed by atoms with Crippen molar-refractivity contribution in [1.29, 1.82) is 0 Å². The number of fused-ring (bicyclic) bond motifs is 1. The third-order valence-corrected chi connectivity index (χ3v) is 4.64. The SMILES string of the molecule is Clc1cccc(OCCCc2nc3c(s2)CNCC3)c1. The number of hydrogen-bond acceptors (Lipinski definition) is 4. The standard InChI is InChI=1S/C15H17ClN2OS/c16-11-3-1-4-12(9-11)19-8-2-5-15-18-13-6-7-17-10-14(13)20-15/h1,3-4,9,17H,2,5-8,10H2. The second kappa shape index (κ2) is 6.57. The van der Waals surface area contributed by atoms with Crippen LogP contribution in [0.2, 0.25) is 5.02 Å². The van der Waals surface area contributed by atoms with Crippen LogP contribution in [0, 0.1) is 0 Å². The van der Waals surface area contributed by atoms with Gasteiger partial charge in [0.15, 0.2) is 0 Å². The fourth-order valence-corrected chi connectivity index (χ4v) is 3.56. The van der Waals surface area contributed by atoms with Crippen LogP contribution in [-0.2, 0) is 19.4 Å². The molecule has 20 heavy (non-hydrogen) atoms. The number of hydrogen-bond donors (Lipinski definition) is 1. The lowest BCUT2D eigenvalue weighted by atomic mass is 10.2. The van der Waals surface area contributed by atoms with Crippen molar-refractivity contribution < 1.29 is 4.74 Å². The average molecular weight is 309 g/mol. The highest BCUT2D eigenvalue weighted by molar-refractivity contribution is 7.11. The van der Waals surface area contributed by atoms with E-state index in [1.165, 1.54) is 15.6 Å². The number of halogens is 1. The number of aromatic nitrogens is 1. The van der Waals surface area contributed by atoms with Crippen LogP contribution in [0.5, 0.6) is 5.75 Å². The molecule has 2 heterocycles. The van der Waals surface area contributed by atoms with E-state index in [0.29, 0.717) is 11.6 Å². The Balaban J connectivity index is 1.47. The average Bonchev–Trinajstić information content (AvgIpc) is 2.86. The third kappa shape index (κ3) is 3.51. The molecule has 0 saturated heterocycles. The zero-order chi connectivity index (χ0) is 13.8. The molecule has 2 aromatic rings. The minimum Gasteiger partial charge on any atom is -0.494 e. The van der Waals surface area contributed by atoms with Crippen molar-refractivity contribution in [2.45, 2.75) is 25.8 Å². The Morgan fingerprint density at radius 1 is 1.40 bits per heavy atom. The summed E-state index contributed by atoms with van der Waals surface area (Å²) in [6.45, 7) is 2.73. The molecule has 1 N–H and O–H groups in total. The largest absolute Gasteiger partial charge is 0.494 e. The van der Waals surface area contributed by atoms with Gasteiger partial charge in [0.2, 0.25) is 0 Å². The van der Waals surface area contributed by atoms with Gasteiger partial charge in [0.05, 0.1) is 17.3 Å². The molecule has 0 spiro atoms. The van der Waals surface area contributed by atoms with E-state index in [4.69, 9.17) is 21.3 Å². The zero-order valence-electron chi connectivity index (χ0n) is 11.2. The Hall–Kier alpha value is -1.10. The molecule has 3 nitrogen and oxygen atoms in total. The molecule has 106 valence electrons. The molecule has 0 fully saturated rings. The van der Waals surface area contributed by atoms with Gasteiger partial charge < -0.3 is 10.1 Å². The number of aryl methyl sites for hydroxylation is 1. The highest BCUT2D eigenvalue weighted by Gasteiger charge is 2.14. The van der Waals surface area contributed by atoms with Crippen LogP contribution in [0.25, 0.3) is 0 Å². The Morgan fingerprint density at radius 2 is 2.35 bits per heavy atom. The fraction of sp³-hybridized carbons (Fsp3) is 0.400. The normalized spacial score (nSPS) is 14.1. The number of benzene rings is 1. The fourth-order valence-electron chi connectivity index (χ4n) is 2.26. The van der Waals surface area contributed by atoms with Gasteiger partial charge in [-0.2, -0.15) is 0 Å². The van der Waals surface area contributed by atoms with Crippen molar-refractivity contribution >= 4 is 22.9 Å². The summed E-state index contributed by atoms with van der Waals surface area (Å²) in [6, 6.07) is 7.52. The third-order valence-electron chi connectivity index (χ3n) is 3.25. The molecular weight excluding hydrogens is 292 g/mol. The zero-order valence-corrected chi connectivity index (χ0v) is 12.8. The van der Waals surface area contributed by atoms with E-state index < -0.39 is 0 Å². The molecule has 0 atom stereocenters. The predicted octanol–water partition coefficient (Wildman–Crippen LogP) is 3.45. The topological polar surface area (TPSA) is 34.1 Å². The maximum absolute atomic E-state index is 5.92. The van der Waals surface area contributed by atoms with Gasteiger partial charge in [-0.3, -0.25) is 0 Å². The van der Waals surface area contributed by atoms with Gasteiger partial charge in [-0.25, -0.2) is 4.98 Å². The molecule has 1 aliphatic rings. The Labute approximate surface area is 127 Å². The molecule has 5 heteroatoms. The number of ether oxygens (including phenoxy) is 1. The van der Waals surface area contributed by atoms with Gasteiger partial charge in [0.1, 0.15) is 5.75 Å². The maximum atomic E-state index is 5.92. The van der Waals surface area contributed by atoms with Gasteiger partial charge in [-0.15, -0.1) is 11.3 Å². The molecule has 1 aromatic carbocycles. The van der Waals surface area contributed by atoms with Crippen molar-refractivity contribution in [2.24, 2.45) is 0 Å². The summed E-state index contributed by atoms with van der Waals surface area (Å²) < 4.78 is 5.69. The Kier molecular flexibility index (Phi) is 4.55. The van der Waals surface area contributed by atoms with Gasteiger partial charge in [0.25, 0.3) is 0 Å². The molecule has 1 aliphatic heterocycles. The van der Waals surface area contributed by atoms with Crippen LogP contribution in [-0.4, -0.2) is 18.1 Å². The van der Waals surface area contributed by atoms with Crippen LogP contribution in [0.1, 0.15) is 22.0 Å². The van der Waals surface area contributed by atoms with Crippen molar-refractivity contribution in [1.82, 2.24) is 10.3 Å². The number of thiazole rings is 1. The molecule has 0 amide bonds. The lowest BCUT2D eigenvalue weighted by Crippen LogP contribution is -2.22. The van der Waals surface area contributed by atoms with Crippen molar-refractivity contribution in [3.05, 3.63) is 44.9 Å². The summed E-state index contributed by atoms with van der Waals surface area (Å²) >= 11 is 7.75. The highest BCUT2D eigenvalue weighted by atomic mass is 35.5. The Bertz CT molecular complexity index is 562. The first-order valence-corrected chi connectivity index (χ1v) is 8.07. The first-order valence-electron chi connectivity index (χ1n) is 6.88. The summed E-state index contributed by atoms with van der Waals surface area (Å²) in [7, 11) is 0. The van der Waals surface area contributed by atoms with Gasteiger partial charge >= 0.3 is 0 Å². The molecule has 0 saturated carbocycles. The van der Waals surface area contributed by atoms with Crippen molar-refractivity contribution in [2.75, 3.05) is 13.2 Å². The van der Waals surface area contributed by atoms with Crippen LogP contribution in [0.3, 0.4) is 0 Å². The second-order valence-electron chi connectivity index (χ2n) is 4.81. The smallest absolute Gasteiger partial charge is 0.120 e. The highest BCUT2D eigenvalue weighted by Crippen LogP contribution is 2.23. The quantitative estimate of drug-likeness (QED) is 0.859. The van der Waals surface area contributed by atoms with E-state index in [1.807, 2.05) is 35.6 Å². The summed E-state index contributed by atoms with van der Waals surface area (Å²) in [5.41, 5.74) is 1.29. The van der Waals surface area contributed by atoms with E-state index in [-0.39, 0.29) is 0 Å². The predicted molar refractivity (Wildman–Crippen MR) is 82.8 cm³/mol. The van der Waals surface area contributed by atoms with E-state index in [1.54, 1.807) is 0 Å². The van der Waals surface area contributed by atoms with Gasteiger partial charge in [-0.05, 0) is 24.6 Å². The molecule has 0 aliphatic carbocycles. The van der Waals surface area contributed by atoms with Gasteiger partial charge in [0, 0.05) is 35.8 Å². The molecule has 0 unspecified atom stereocenters. The number of nitrogens with one attached hydrogen (secondary N) is 1. The lowest BCUT2D eigenvalue weighted by molar-refractivity contribution is 0.311. The van der Waals surface area contributed by atoms with Gasteiger partial charge in [-0.1, -0.05) is 17.7 Å². The molecular formula is C15H17ClN2OS. The molecule has 3 rings (SSSR count). The number of nitrogens with zero attached hydrogens (tertiary/aromatic N) is 1. The van der Waals surface area contributed by atoms with Crippen molar-refractivity contribution in [3.63, 3.8) is 0 Å². The van der Waals surface area contributed by atoms with Crippen LogP contribution in [0.15, 0.2) is 24.3 Å². The molecule has 1 aromatic heterocycles. The maximum Gasteiger partial charge on any atom is 0.120 e. The second-order valence-corrected chi connectivity index (χ2v) is 6.42. The van der Waals surface area contributed by atoms with Crippen molar-refractivity contribution in [3.8, 4) is 5.75 Å². The minimum atomic E-state index is 0.697. The van der Waals surface area contributed by atoms with E-state index in [9.17, 15) is 0 Å². The Morgan fingerprint density at radius 3 is 3.20 bits per heavy atom. The van der Waals surface area contributed by atoms with Crippen LogP contribution < -0.4 is 10.1 Å². The van der Waals surface area contributed by atoms with Crippen LogP contribution >= 0.6 is 22.9 Å². The first-order chi connectivity index (χ1) is 9.81. The summed E-state index contributed by atoms with van der Waals surface area (Å²) in [4.78, 5) is 6.12. The summed E-state index contributed by atoms with van der Waals surface area (Å²) in [5, 5.41) is 5.32. The van der Waals surface area contributed by atoms with E-state index in [2.05, 4.69) is 5.32 Å². The summed E-state index contributed by atoms with van der Waals surface area (Å²) in [5.74, 6) is 0.833. The molecule has 0 radical (unpaired) electrons. The van der Waals surface area contributed by atoms with E-state index >= 15 is 0 Å². The van der Waals surface area contributed by atoms with Crippen LogP contribution in [0.4, 0.5) is 0 Å².